The summed E-state index contributed by atoms with van der Waals surface area (Å²) in [7, 11) is 0. The van der Waals surface area contributed by atoms with E-state index in [9.17, 15) is 4.79 Å². The van der Waals surface area contributed by atoms with E-state index >= 15 is 0 Å². The van der Waals surface area contributed by atoms with E-state index in [1.165, 1.54) is 44.6 Å². The zero-order valence-corrected chi connectivity index (χ0v) is 12.7. The van der Waals surface area contributed by atoms with Gasteiger partial charge >= 0.3 is 5.97 Å². The summed E-state index contributed by atoms with van der Waals surface area (Å²) < 4.78 is 0. The number of pyridine rings is 1. The Kier molecular flexibility index (Phi) is 4.31. The minimum Gasteiger partial charge on any atom is -0.478 e. The number of hydrogen-bond acceptors (Lipinski definition) is 4. The summed E-state index contributed by atoms with van der Waals surface area (Å²) in [5.41, 5.74) is 0.128. The number of aromatic carboxylic acids is 1. The largest absolute Gasteiger partial charge is 0.478 e. The zero-order valence-electron chi connectivity index (χ0n) is 12.0. The standard InChI is InChI=1S/C15H20ClN3O2/c16-13-12(15(20)21)4-6-17-14(13)19-9-5-11(10-19)18-7-2-1-3-8-18/h4,6,11H,1-3,5,7-10H2,(H,20,21). The second-order valence-electron chi connectivity index (χ2n) is 5.79. The fourth-order valence-electron chi connectivity index (χ4n) is 3.33. The highest BCUT2D eigenvalue weighted by Gasteiger charge is 2.30. The first kappa shape index (κ1) is 14.6. The lowest BCUT2D eigenvalue weighted by atomic mass is 10.1. The summed E-state index contributed by atoms with van der Waals surface area (Å²) >= 11 is 6.22. The van der Waals surface area contributed by atoms with Crippen LogP contribution in [0.4, 0.5) is 5.82 Å². The molecule has 2 saturated heterocycles. The lowest BCUT2D eigenvalue weighted by Crippen LogP contribution is -2.41. The molecule has 2 aliphatic heterocycles. The molecule has 21 heavy (non-hydrogen) atoms. The van der Waals surface area contributed by atoms with E-state index in [1.54, 1.807) is 0 Å². The van der Waals surface area contributed by atoms with E-state index in [4.69, 9.17) is 16.7 Å². The van der Waals surface area contributed by atoms with Crippen LogP contribution in [0.5, 0.6) is 0 Å². The first-order valence-electron chi connectivity index (χ1n) is 7.53. The first-order valence-corrected chi connectivity index (χ1v) is 7.91. The quantitative estimate of drug-likeness (QED) is 0.929. The highest BCUT2D eigenvalue weighted by Crippen LogP contribution is 2.31. The number of aromatic nitrogens is 1. The SMILES string of the molecule is O=C(O)c1ccnc(N2CCC(N3CCCCC3)C2)c1Cl. The number of carbonyl (C=O) groups is 1. The van der Waals surface area contributed by atoms with Crippen LogP contribution in [0.1, 0.15) is 36.0 Å². The number of hydrogen-bond donors (Lipinski definition) is 1. The Morgan fingerprint density at radius 1 is 1.29 bits per heavy atom. The van der Waals surface area contributed by atoms with Crippen LogP contribution >= 0.6 is 11.6 Å². The van der Waals surface area contributed by atoms with Gasteiger partial charge in [0.2, 0.25) is 0 Å². The average molecular weight is 310 g/mol. The van der Waals surface area contributed by atoms with Gasteiger partial charge in [-0.05, 0) is 38.4 Å². The first-order chi connectivity index (χ1) is 10.2. The molecule has 0 aliphatic carbocycles. The van der Waals surface area contributed by atoms with Gasteiger partial charge in [0.25, 0.3) is 0 Å². The lowest BCUT2D eigenvalue weighted by Gasteiger charge is -2.32. The summed E-state index contributed by atoms with van der Waals surface area (Å²) in [6.07, 6.45) is 6.52. The molecule has 0 bridgehead atoms. The minimum atomic E-state index is -1.00. The van der Waals surface area contributed by atoms with Crippen LogP contribution in [-0.4, -0.2) is 53.2 Å². The van der Waals surface area contributed by atoms with Gasteiger partial charge in [-0.3, -0.25) is 4.90 Å². The third-order valence-electron chi connectivity index (χ3n) is 4.47. The van der Waals surface area contributed by atoms with E-state index in [0.717, 1.165) is 19.5 Å². The molecule has 2 aliphatic rings. The van der Waals surface area contributed by atoms with Crippen LogP contribution < -0.4 is 4.90 Å². The van der Waals surface area contributed by atoms with Gasteiger partial charge in [-0.2, -0.15) is 0 Å². The molecule has 0 amide bonds. The number of nitrogens with zero attached hydrogens (tertiary/aromatic N) is 3. The molecule has 0 saturated carbocycles. The molecule has 1 aromatic rings. The molecule has 0 radical (unpaired) electrons. The van der Waals surface area contributed by atoms with Gasteiger partial charge in [-0.15, -0.1) is 0 Å². The molecular formula is C15H20ClN3O2. The Morgan fingerprint density at radius 2 is 2.05 bits per heavy atom. The Labute approximate surface area is 129 Å². The average Bonchev–Trinajstić information content (AvgIpc) is 2.98. The summed E-state index contributed by atoms with van der Waals surface area (Å²) in [4.78, 5) is 20.1. The van der Waals surface area contributed by atoms with Gasteiger partial charge in [0.1, 0.15) is 5.82 Å². The molecule has 2 fully saturated rings. The van der Waals surface area contributed by atoms with Gasteiger partial charge in [0.05, 0.1) is 10.6 Å². The van der Waals surface area contributed by atoms with Crippen molar-refractivity contribution in [3.8, 4) is 0 Å². The second kappa shape index (κ2) is 6.20. The molecule has 3 rings (SSSR count). The third kappa shape index (κ3) is 2.99. The molecule has 0 spiro atoms. The number of carboxylic acid groups (broad SMARTS) is 1. The van der Waals surface area contributed by atoms with Crippen LogP contribution in [0.3, 0.4) is 0 Å². The van der Waals surface area contributed by atoms with Crippen molar-refractivity contribution in [2.45, 2.75) is 31.7 Å². The van der Waals surface area contributed by atoms with Crippen molar-refractivity contribution in [1.82, 2.24) is 9.88 Å². The van der Waals surface area contributed by atoms with Gasteiger partial charge in [0.15, 0.2) is 0 Å². The zero-order chi connectivity index (χ0) is 14.8. The molecule has 6 heteroatoms. The maximum absolute atomic E-state index is 11.2. The summed E-state index contributed by atoms with van der Waals surface area (Å²) in [5.74, 6) is -0.397. The van der Waals surface area contributed by atoms with E-state index in [2.05, 4.69) is 14.8 Å². The number of carboxylic acids is 1. The predicted octanol–water partition coefficient (Wildman–Crippen LogP) is 2.50. The van der Waals surface area contributed by atoms with Crippen LogP contribution in [0.2, 0.25) is 5.02 Å². The normalized spacial score (nSPS) is 23.5. The molecule has 1 aromatic heterocycles. The molecule has 1 N–H and O–H groups in total. The van der Waals surface area contributed by atoms with Crippen molar-refractivity contribution in [2.75, 3.05) is 31.1 Å². The maximum Gasteiger partial charge on any atom is 0.337 e. The summed E-state index contributed by atoms with van der Waals surface area (Å²) in [6, 6.07) is 1.99. The van der Waals surface area contributed by atoms with E-state index < -0.39 is 5.97 Å². The third-order valence-corrected chi connectivity index (χ3v) is 4.84. The highest BCUT2D eigenvalue weighted by molar-refractivity contribution is 6.35. The molecule has 3 heterocycles. The molecular weight excluding hydrogens is 290 g/mol. The smallest absolute Gasteiger partial charge is 0.337 e. The van der Waals surface area contributed by atoms with Crippen molar-refractivity contribution in [1.29, 1.82) is 0 Å². The number of halogens is 1. The van der Waals surface area contributed by atoms with Crippen LogP contribution in [0.25, 0.3) is 0 Å². The lowest BCUT2D eigenvalue weighted by molar-refractivity contribution is 0.0697. The van der Waals surface area contributed by atoms with Crippen molar-refractivity contribution in [2.24, 2.45) is 0 Å². The Morgan fingerprint density at radius 3 is 2.76 bits per heavy atom. The monoisotopic (exact) mass is 309 g/mol. The van der Waals surface area contributed by atoms with E-state index in [0.29, 0.717) is 11.9 Å². The molecule has 114 valence electrons. The molecule has 1 atom stereocenters. The topological polar surface area (TPSA) is 56.7 Å². The number of anilines is 1. The van der Waals surface area contributed by atoms with Crippen molar-refractivity contribution < 1.29 is 9.90 Å². The van der Waals surface area contributed by atoms with Gasteiger partial charge in [-0.1, -0.05) is 18.0 Å². The molecule has 0 aromatic carbocycles. The molecule has 1 unspecified atom stereocenters. The van der Waals surface area contributed by atoms with Crippen LogP contribution in [0, 0.1) is 0 Å². The summed E-state index contributed by atoms with van der Waals surface area (Å²) in [5, 5.41) is 9.40. The number of piperidine rings is 1. The van der Waals surface area contributed by atoms with Gasteiger partial charge < -0.3 is 10.0 Å². The Hall–Kier alpha value is -1.33. The van der Waals surface area contributed by atoms with Gasteiger partial charge in [0, 0.05) is 25.3 Å². The maximum atomic E-state index is 11.2. The van der Waals surface area contributed by atoms with Crippen molar-refractivity contribution in [3.05, 3.63) is 22.8 Å². The Balaban J connectivity index is 1.74. The van der Waals surface area contributed by atoms with Crippen molar-refractivity contribution >= 4 is 23.4 Å². The number of rotatable bonds is 3. The van der Waals surface area contributed by atoms with Crippen LogP contribution in [-0.2, 0) is 0 Å². The summed E-state index contributed by atoms with van der Waals surface area (Å²) in [6.45, 7) is 4.12. The fraction of sp³-hybridized carbons (Fsp3) is 0.600. The van der Waals surface area contributed by atoms with Crippen molar-refractivity contribution in [3.63, 3.8) is 0 Å². The van der Waals surface area contributed by atoms with E-state index in [-0.39, 0.29) is 10.6 Å². The predicted molar refractivity (Wildman–Crippen MR) is 82.2 cm³/mol. The minimum absolute atomic E-state index is 0.128. The fourth-order valence-corrected chi connectivity index (χ4v) is 3.65. The highest BCUT2D eigenvalue weighted by atomic mass is 35.5. The van der Waals surface area contributed by atoms with Gasteiger partial charge in [-0.25, -0.2) is 9.78 Å². The Bertz CT molecular complexity index is 532. The van der Waals surface area contributed by atoms with E-state index in [1.807, 2.05) is 0 Å². The molecule has 5 nitrogen and oxygen atoms in total. The van der Waals surface area contributed by atoms with Crippen LogP contribution in [0.15, 0.2) is 12.3 Å². The second-order valence-corrected chi connectivity index (χ2v) is 6.16. The number of likely N-dealkylation sites (tertiary alicyclic amines) is 1.